The Morgan fingerprint density at radius 2 is 2.14 bits per heavy atom. The van der Waals surface area contributed by atoms with Crippen molar-refractivity contribution >= 4 is 43.5 Å². The average molecular weight is 474 g/mol. The molecular weight excluding hydrogens is 457 g/mol. The number of nitrogens with one attached hydrogen (secondary N) is 1. The number of aryl methyl sites for hydroxylation is 1. The summed E-state index contributed by atoms with van der Waals surface area (Å²) in [5, 5.41) is 6.85. The van der Waals surface area contributed by atoms with Crippen LogP contribution in [0.25, 0.3) is 0 Å². The van der Waals surface area contributed by atoms with Crippen molar-refractivity contribution in [3.8, 4) is 0 Å². The van der Waals surface area contributed by atoms with Gasteiger partial charge in [-0.1, -0.05) is 0 Å². The van der Waals surface area contributed by atoms with Crippen molar-refractivity contribution in [2.24, 2.45) is 0 Å². The normalized spacial score (nSPS) is 18.0. The van der Waals surface area contributed by atoms with Crippen molar-refractivity contribution < 1.29 is 27.1 Å². The van der Waals surface area contributed by atoms with E-state index in [4.69, 9.17) is 4.74 Å². The third kappa shape index (κ3) is 4.76. The van der Waals surface area contributed by atoms with Gasteiger partial charge in [0.05, 0.1) is 28.8 Å². The van der Waals surface area contributed by atoms with Crippen molar-refractivity contribution in [1.82, 2.24) is 9.78 Å². The van der Waals surface area contributed by atoms with Crippen LogP contribution in [0.4, 0.5) is 10.2 Å². The molecule has 1 aliphatic heterocycles. The molecule has 1 N–H and O–H groups in total. The number of esters is 1. The molecule has 0 bridgehead atoms. The highest BCUT2D eigenvalue weighted by molar-refractivity contribution is 9.10. The number of anilines is 1. The van der Waals surface area contributed by atoms with Crippen LogP contribution >= 0.6 is 15.9 Å². The number of amides is 1. The first-order chi connectivity index (χ1) is 13.1. The minimum atomic E-state index is -3.11. The summed E-state index contributed by atoms with van der Waals surface area (Å²) in [4.78, 5) is 24.2. The summed E-state index contributed by atoms with van der Waals surface area (Å²) in [6, 6.07) is 4.73. The van der Waals surface area contributed by atoms with Crippen molar-refractivity contribution in [2.75, 3.05) is 23.4 Å². The summed E-state index contributed by atoms with van der Waals surface area (Å²) in [5.74, 6) is -1.52. The Morgan fingerprint density at radius 3 is 2.79 bits per heavy atom. The van der Waals surface area contributed by atoms with E-state index in [1.165, 1.54) is 10.7 Å². The standard InChI is InChI=1S/C17H17BrFN3O5S/c1-10-6-15(22(21-10)12-4-5-28(25,26)9-12)20-16(23)8-27-17(24)13-3-2-11(19)7-14(13)18/h2-3,6-7,12H,4-5,8-9H2,1H3,(H,20,23). The number of hydrogen-bond donors (Lipinski definition) is 1. The van der Waals surface area contributed by atoms with Crippen LogP contribution in [-0.4, -0.2) is 48.2 Å². The molecule has 0 aliphatic carbocycles. The second kappa shape index (κ2) is 8.00. The lowest BCUT2D eigenvalue weighted by Gasteiger charge is -2.14. The van der Waals surface area contributed by atoms with Gasteiger partial charge >= 0.3 is 5.97 Å². The van der Waals surface area contributed by atoms with Gasteiger partial charge in [0.1, 0.15) is 11.6 Å². The molecule has 0 radical (unpaired) electrons. The van der Waals surface area contributed by atoms with Crippen LogP contribution in [0.1, 0.15) is 28.5 Å². The van der Waals surface area contributed by atoms with Crippen molar-refractivity contribution in [2.45, 2.75) is 19.4 Å². The molecule has 2 heterocycles. The fraction of sp³-hybridized carbons (Fsp3) is 0.353. The molecule has 1 unspecified atom stereocenters. The first kappa shape index (κ1) is 20.5. The Hall–Kier alpha value is -2.27. The zero-order valence-corrected chi connectivity index (χ0v) is 17.2. The van der Waals surface area contributed by atoms with Crippen LogP contribution in [0, 0.1) is 12.7 Å². The molecule has 1 fully saturated rings. The summed E-state index contributed by atoms with van der Waals surface area (Å²) < 4.78 is 43.2. The minimum absolute atomic E-state index is 0.0371. The lowest BCUT2D eigenvalue weighted by atomic mass is 10.2. The third-order valence-electron chi connectivity index (χ3n) is 4.17. The molecule has 1 amide bonds. The molecule has 1 aromatic carbocycles. The maximum atomic E-state index is 13.1. The SMILES string of the molecule is Cc1cc(NC(=O)COC(=O)c2ccc(F)cc2Br)n(C2CCS(=O)(=O)C2)n1. The largest absolute Gasteiger partial charge is 0.452 e. The molecule has 8 nitrogen and oxygen atoms in total. The highest BCUT2D eigenvalue weighted by atomic mass is 79.9. The maximum Gasteiger partial charge on any atom is 0.339 e. The summed E-state index contributed by atoms with van der Waals surface area (Å²) >= 11 is 3.07. The molecule has 150 valence electrons. The Kier molecular flexibility index (Phi) is 5.84. The van der Waals surface area contributed by atoms with Gasteiger partial charge in [0.25, 0.3) is 5.91 Å². The maximum absolute atomic E-state index is 13.1. The highest BCUT2D eigenvalue weighted by Crippen LogP contribution is 2.27. The number of aromatic nitrogens is 2. The van der Waals surface area contributed by atoms with Crippen molar-refractivity contribution in [1.29, 1.82) is 0 Å². The van der Waals surface area contributed by atoms with Gasteiger partial charge in [0.15, 0.2) is 16.4 Å². The summed E-state index contributed by atoms with van der Waals surface area (Å²) in [5.41, 5.74) is 0.707. The van der Waals surface area contributed by atoms with Crippen LogP contribution in [0.2, 0.25) is 0 Å². The molecule has 3 rings (SSSR count). The lowest BCUT2D eigenvalue weighted by molar-refractivity contribution is -0.119. The predicted octanol–water partition coefficient (Wildman–Crippen LogP) is 2.25. The van der Waals surface area contributed by atoms with Crippen LogP contribution in [-0.2, 0) is 19.4 Å². The minimum Gasteiger partial charge on any atom is -0.452 e. The number of sulfone groups is 1. The van der Waals surface area contributed by atoms with E-state index in [1.54, 1.807) is 13.0 Å². The smallest absolute Gasteiger partial charge is 0.339 e. The van der Waals surface area contributed by atoms with E-state index in [1.807, 2.05) is 0 Å². The van der Waals surface area contributed by atoms with E-state index in [2.05, 4.69) is 26.3 Å². The molecule has 11 heteroatoms. The van der Waals surface area contributed by atoms with Crippen LogP contribution in [0.3, 0.4) is 0 Å². The van der Waals surface area contributed by atoms with Gasteiger partial charge in [-0.3, -0.25) is 4.79 Å². The molecule has 1 aliphatic rings. The average Bonchev–Trinajstić information content (AvgIpc) is 3.14. The van der Waals surface area contributed by atoms with Crippen LogP contribution in [0.5, 0.6) is 0 Å². The van der Waals surface area contributed by atoms with E-state index in [-0.39, 0.29) is 27.6 Å². The van der Waals surface area contributed by atoms with E-state index in [0.29, 0.717) is 17.9 Å². The number of ether oxygens (including phenoxy) is 1. The predicted molar refractivity (Wildman–Crippen MR) is 102 cm³/mol. The van der Waals surface area contributed by atoms with E-state index in [9.17, 15) is 22.4 Å². The van der Waals surface area contributed by atoms with E-state index < -0.39 is 34.1 Å². The first-order valence-corrected chi connectivity index (χ1v) is 10.9. The molecule has 1 aromatic heterocycles. The zero-order chi connectivity index (χ0) is 20.5. The zero-order valence-electron chi connectivity index (χ0n) is 14.8. The monoisotopic (exact) mass is 473 g/mol. The van der Waals surface area contributed by atoms with Gasteiger partial charge in [0, 0.05) is 10.5 Å². The first-order valence-electron chi connectivity index (χ1n) is 8.33. The lowest BCUT2D eigenvalue weighted by Crippen LogP contribution is -2.24. The topological polar surface area (TPSA) is 107 Å². The van der Waals surface area contributed by atoms with Crippen LogP contribution < -0.4 is 5.32 Å². The van der Waals surface area contributed by atoms with Crippen molar-refractivity contribution in [3.05, 3.63) is 45.8 Å². The number of benzene rings is 1. The molecule has 0 spiro atoms. The van der Waals surface area contributed by atoms with Crippen molar-refractivity contribution in [3.63, 3.8) is 0 Å². The summed E-state index contributed by atoms with van der Waals surface area (Å²) in [6.07, 6.45) is 0.417. The molecule has 2 aromatic rings. The summed E-state index contributed by atoms with van der Waals surface area (Å²) in [6.45, 7) is 1.16. The fourth-order valence-corrected chi connectivity index (χ4v) is 5.10. The molecule has 1 atom stereocenters. The van der Waals surface area contributed by atoms with Gasteiger partial charge in [-0.2, -0.15) is 5.10 Å². The van der Waals surface area contributed by atoms with Gasteiger partial charge < -0.3 is 10.1 Å². The number of hydrogen-bond acceptors (Lipinski definition) is 6. The molecule has 28 heavy (non-hydrogen) atoms. The third-order valence-corrected chi connectivity index (χ3v) is 6.57. The van der Waals surface area contributed by atoms with Gasteiger partial charge in [-0.05, 0) is 47.5 Å². The number of halogens is 2. The summed E-state index contributed by atoms with van der Waals surface area (Å²) in [7, 11) is -3.11. The number of carbonyl (C=O) groups excluding carboxylic acids is 2. The molecule has 0 saturated carbocycles. The number of rotatable bonds is 5. The second-order valence-corrected chi connectivity index (χ2v) is 9.50. The van der Waals surface area contributed by atoms with E-state index >= 15 is 0 Å². The van der Waals surface area contributed by atoms with Crippen LogP contribution in [0.15, 0.2) is 28.7 Å². The van der Waals surface area contributed by atoms with E-state index in [0.717, 1.165) is 12.1 Å². The molecule has 1 saturated heterocycles. The number of carbonyl (C=O) groups is 2. The van der Waals surface area contributed by atoms with Gasteiger partial charge in [0.2, 0.25) is 0 Å². The Balaban J connectivity index is 1.63. The fourth-order valence-electron chi connectivity index (χ4n) is 2.90. The Bertz CT molecular complexity index is 1040. The highest BCUT2D eigenvalue weighted by Gasteiger charge is 2.31. The van der Waals surface area contributed by atoms with Gasteiger partial charge in [-0.25, -0.2) is 22.3 Å². The number of nitrogens with zero attached hydrogens (tertiary/aromatic N) is 2. The second-order valence-electron chi connectivity index (χ2n) is 6.42. The van der Waals surface area contributed by atoms with Gasteiger partial charge in [-0.15, -0.1) is 0 Å². The Morgan fingerprint density at radius 1 is 1.39 bits per heavy atom. The molecular formula is C17H17BrFN3O5S. The Labute approximate surface area is 169 Å². The quantitative estimate of drug-likeness (QED) is 0.667.